The highest BCUT2D eigenvalue weighted by Crippen LogP contribution is 2.29. The predicted octanol–water partition coefficient (Wildman–Crippen LogP) is 0.489. The molecule has 1 heterocycles. The minimum atomic E-state index is -1.01. The van der Waals surface area contributed by atoms with Crippen molar-refractivity contribution in [1.82, 2.24) is 13.7 Å². The van der Waals surface area contributed by atoms with Gasteiger partial charge in [-0.3, -0.25) is 14.9 Å². The Morgan fingerprint density at radius 3 is 2.13 bits per heavy atom. The van der Waals surface area contributed by atoms with Gasteiger partial charge in [-0.05, 0) is 19.1 Å². The van der Waals surface area contributed by atoms with Crippen LogP contribution in [0.5, 0.6) is 5.75 Å². The van der Waals surface area contributed by atoms with Gasteiger partial charge in [0, 0.05) is 0 Å². The highest BCUT2D eigenvalue weighted by atomic mass is 16.6. The lowest BCUT2D eigenvalue weighted by Gasteiger charge is -2.12. The van der Waals surface area contributed by atoms with Gasteiger partial charge in [0.2, 0.25) is 5.91 Å². The maximum absolute atomic E-state index is 12.6. The Bertz CT molecular complexity index is 1160. The molecule has 0 unspecified atom stereocenters. The fourth-order valence-electron chi connectivity index (χ4n) is 2.75. The second-order valence-corrected chi connectivity index (χ2v) is 6.15. The van der Waals surface area contributed by atoms with Crippen LogP contribution < -0.4 is 27.1 Å². The monoisotopic (exact) mass is 431 g/mol. The lowest BCUT2D eigenvalue weighted by Crippen LogP contribution is -2.55. The Morgan fingerprint density at radius 1 is 1.10 bits per heavy atom. The van der Waals surface area contributed by atoms with E-state index < -0.39 is 40.1 Å². The molecule has 0 saturated heterocycles. The Labute approximate surface area is 175 Å². The molecule has 0 fully saturated rings. The van der Waals surface area contributed by atoms with Crippen LogP contribution in [0.2, 0.25) is 0 Å². The van der Waals surface area contributed by atoms with Gasteiger partial charge in [0.25, 0.3) is 5.69 Å². The maximum atomic E-state index is 12.6. The van der Waals surface area contributed by atoms with Crippen LogP contribution >= 0.6 is 0 Å². The number of rotatable bonds is 10. The van der Waals surface area contributed by atoms with E-state index in [1.807, 2.05) is 0 Å². The molecule has 31 heavy (non-hydrogen) atoms. The average molecular weight is 431 g/mol. The van der Waals surface area contributed by atoms with E-state index in [2.05, 4.69) is 18.5 Å². The van der Waals surface area contributed by atoms with Crippen LogP contribution in [0, 0.1) is 10.1 Å². The highest BCUT2D eigenvalue weighted by Gasteiger charge is 2.20. The van der Waals surface area contributed by atoms with Crippen molar-refractivity contribution in [3.05, 3.63) is 85.1 Å². The highest BCUT2D eigenvalue weighted by molar-refractivity contribution is 5.93. The molecule has 12 nitrogen and oxygen atoms in total. The maximum Gasteiger partial charge on any atom is 0.337 e. The first kappa shape index (κ1) is 23.1. The van der Waals surface area contributed by atoms with E-state index in [9.17, 15) is 29.3 Å². The van der Waals surface area contributed by atoms with E-state index in [-0.39, 0.29) is 24.5 Å². The molecule has 0 saturated carbocycles. The first-order valence-electron chi connectivity index (χ1n) is 9.12. The molecule has 0 aliphatic carbocycles. The number of nitro benzene ring substituents is 1. The Kier molecular flexibility index (Phi) is 7.44. The summed E-state index contributed by atoms with van der Waals surface area (Å²) in [6.45, 7) is 7.80. The molecule has 2 rings (SSSR count). The first-order valence-corrected chi connectivity index (χ1v) is 9.12. The fourth-order valence-corrected chi connectivity index (χ4v) is 2.75. The zero-order valence-corrected chi connectivity index (χ0v) is 16.8. The van der Waals surface area contributed by atoms with E-state index in [4.69, 9.17) is 4.74 Å². The number of hydrogen-bond acceptors (Lipinski definition) is 7. The largest absolute Gasteiger partial charge is 0.494 e. The third-order valence-electron chi connectivity index (χ3n) is 4.06. The number of carbonyl (C=O) groups excluding carboxylic acids is 1. The smallest absolute Gasteiger partial charge is 0.337 e. The zero-order valence-electron chi connectivity index (χ0n) is 16.8. The molecule has 12 heteroatoms. The van der Waals surface area contributed by atoms with E-state index in [0.717, 1.165) is 15.2 Å². The van der Waals surface area contributed by atoms with Crippen LogP contribution in [0.15, 0.2) is 57.9 Å². The van der Waals surface area contributed by atoms with Crippen molar-refractivity contribution >= 4 is 17.3 Å². The fraction of sp³-hybridized carbons (Fsp3) is 0.263. The van der Waals surface area contributed by atoms with Crippen molar-refractivity contribution in [1.29, 1.82) is 0 Å². The lowest BCUT2D eigenvalue weighted by molar-refractivity contribution is -0.384. The van der Waals surface area contributed by atoms with Crippen LogP contribution in [0.3, 0.4) is 0 Å². The number of carbonyl (C=O) groups is 1. The van der Waals surface area contributed by atoms with E-state index in [0.29, 0.717) is 11.2 Å². The summed E-state index contributed by atoms with van der Waals surface area (Å²) in [6.07, 6.45) is 2.58. The molecule has 164 valence electrons. The molecule has 0 spiro atoms. The number of aromatic nitrogens is 3. The predicted molar refractivity (Wildman–Crippen MR) is 113 cm³/mol. The molecule has 0 aliphatic heterocycles. The average Bonchev–Trinajstić information content (AvgIpc) is 2.73. The minimum absolute atomic E-state index is 0.141. The molecule has 0 bridgehead atoms. The standard InChI is InChI=1S/C19H21N5O7/c1-4-9-21-17(26)22(10-5-2)19(28)23(18(21)27)12-16(25)20-14-8-7-13(31-6-3)11-15(14)24(29)30/h4-5,7-8,11H,1-2,6,9-10,12H2,3H3,(H,20,25). The van der Waals surface area contributed by atoms with E-state index in [1.54, 1.807) is 6.92 Å². The number of ether oxygens (including phenoxy) is 1. The molecule has 1 amide bonds. The number of allylic oxidation sites excluding steroid dienone is 2. The Balaban J connectivity index is 2.45. The minimum Gasteiger partial charge on any atom is -0.494 e. The van der Waals surface area contributed by atoms with Crippen molar-refractivity contribution in [2.24, 2.45) is 0 Å². The number of nitrogens with one attached hydrogen (secondary N) is 1. The molecule has 0 aliphatic rings. The van der Waals surface area contributed by atoms with Gasteiger partial charge in [0.15, 0.2) is 0 Å². The van der Waals surface area contributed by atoms with Gasteiger partial charge in [0.1, 0.15) is 18.0 Å². The summed E-state index contributed by atoms with van der Waals surface area (Å²) in [7, 11) is 0. The third kappa shape index (κ3) is 5.04. The van der Waals surface area contributed by atoms with Crippen molar-refractivity contribution in [3.8, 4) is 5.75 Å². The van der Waals surface area contributed by atoms with Crippen molar-refractivity contribution < 1.29 is 14.5 Å². The Morgan fingerprint density at radius 2 is 1.65 bits per heavy atom. The summed E-state index contributed by atoms with van der Waals surface area (Å²) < 4.78 is 7.25. The number of benzene rings is 1. The Hall–Kier alpha value is -4.22. The molecule has 1 aromatic heterocycles. The van der Waals surface area contributed by atoms with Crippen LogP contribution in [-0.4, -0.2) is 31.1 Å². The number of hydrogen-bond donors (Lipinski definition) is 1. The topological polar surface area (TPSA) is 147 Å². The van der Waals surface area contributed by atoms with Crippen LogP contribution in [0.1, 0.15) is 6.92 Å². The summed E-state index contributed by atoms with van der Waals surface area (Å²) in [6, 6.07) is 3.85. The molecular weight excluding hydrogens is 410 g/mol. The summed E-state index contributed by atoms with van der Waals surface area (Å²) in [5.41, 5.74) is -3.45. The molecule has 2 aromatic rings. The second kappa shape index (κ2) is 10.0. The van der Waals surface area contributed by atoms with Gasteiger partial charge < -0.3 is 10.1 Å². The van der Waals surface area contributed by atoms with Crippen molar-refractivity contribution in [2.45, 2.75) is 26.6 Å². The van der Waals surface area contributed by atoms with E-state index >= 15 is 0 Å². The van der Waals surface area contributed by atoms with Gasteiger partial charge in [-0.25, -0.2) is 28.1 Å². The summed E-state index contributed by atoms with van der Waals surface area (Å²) in [5, 5.41) is 13.6. The summed E-state index contributed by atoms with van der Waals surface area (Å²) in [4.78, 5) is 60.6. The number of anilines is 1. The summed E-state index contributed by atoms with van der Waals surface area (Å²) in [5.74, 6) is -0.632. The number of nitro groups is 1. The van der Waals surface area contributed by atoms with Gasteiger partial charge in [-0.1, -0.05) is 12.2 Å². The van der Waals surface area contributed by atoms with Crippen molar-refractivity contribution in [3.63, 3.8) is 0 Å². The summed E-state index contributed by atoms with van der Waals surface area (Å²) >= 11 is 0. The van der Waals surface area contributed by atoms with Gasteiger partial charge in [-0.15, -0.1) is 13.2 Å². The molecule has 0 radical (unpaired) electrons. The lowest BCUT2D eigenvalue weighted by atomic mass is 10.2. The number of amides is 1. The van der Waals surface area contributed by atoms with Crippen molar-refractivity contribution in [2.75, 3.05) is 11.9 Å². The number of nitrogens with zero attached hydrogens (tertiary/aromatic N) is 4. The second-order valence-electron chi connectivity index (χ2n) is 6.15. The van der Waals surface area contributed by atoms with Gasteiger partial charge in [0.05, 0.1) is 30.7 Å². The molecular formula is C19H21N5O7. The SMILES string of the molecule is C=CCn1c(=O)n(CC=C)c(=O)n(CC(=O)Nc2ccc(OCC)cc2[N+](=O)[O-])c1=O. The molecule has 0 atom stereocenters. The zero-order chi connectivity index (χ0) is 23.1. The quantitative estimate of drug-likeness (QED) is 0.327. The first-order chi connectivity index (χ1) is 14.7. The van der Waals surface area contributed by atoms with Crippen LogP contribution in [0.25, 0.3) is 0 Å². The normalized spacial score (nSPS) is 10.4. The van der Waals surface area contributed by atoms with Gasteiger partial charge >= 0.3 is 17.1 Å². The molecule has 1 aromatic carbocycles. The van der Waals surface area contributed by atoms with Gasteiger partial charge in [-0.2, -0.15) is 0 Å². The molecule has 1 N–H and O–H groups in total. The van der Waals surface area contributed by atoms with Crippen LogP contribution in [-0.2, 0) is 24.4 Å². The van der Waals surface area contributed by atoms with E-state index in [1.165, 1.54) is 24.3 Å². The third-order valence-corrected chi connectivity index (χ3v) is 4.06. The van der Waals surface area contributed by atoms with Crippen LogP contribution in [0.4, 0.5) is 11.4 Å².